The molecule has 0 saturated heterocycles. The summed E-state index contributed by atoms with van der Waals surface area (Å²) in [5.74, 6) is -2.53. The van der Waals surface area contributed by atoms with Crippen molar-refractivity contribution in [2.75, 3.05) is 0 Å². The standard InChI is InChI=1S/C22H17F2NO/c1-2-15-3-7-17(8-4-15)18-9-5-16(6-10-18)14-26-20-12-11-19(13-25)21(23)22(20)24/h3-12H,2,14H2,1H3. The first-order chi connectivity index (χ1) is 12.6. The van der Waals surface area contributed by atoms with E-state index in [1.54, 1.807) is 6.07 Å². The Hall–Kier alpha value is -3.19. The molecule has 26 heavy (non-hydrogen) atoms. The molecule has 0 spiro atoms. The lowest BCUT2D eigenvalue weighted by Gasteiger charge is -2.09. The first kappa shape index (κ1) is 17.6. The van der Waals surface area contributed by atoms with E-state index in [2.05, 4.69) is 31.2 Å². The Morgan fingerprint density at radius 1 is 0.808 bits per heavy atom. The number of rotatable bonds is 5. The SMILES string of the molecule is CCc1ccc(-c2ccc(COc3ccc(C#N)c(F)c3F)cc2)cc1. The number of halogens is 2. The van der Waals surface area contributed by atoms with Crippen molar-refractivity contribution in [3.05, 3.63) is 89.0 Å². The van der Waals surface area contributed by atoms with E-state index in [1.165, 1.54) is 17.7 Å². The van der Waals surface area contributed by atoms with Gasteiger partial charge in [-0.05, 0) is 40.8 Å². The average molecular weight is 349 g/mol. The van der Waals surface area contributed by atoms with E-state index in [1.807, 2.05) is 24.3 Å². The first-order valence-electron chi connectivity index (χ1n) is 8.31. The van der Waals surface area contributed by atoms with Gasteiger partial charge in [0.15, 0.2) is 11.6 Å². The van der Waals surface area contributed by atoms with Crippen LogP contribution in [0.3, 0.4) is 0 Å². The van der Waals surface area contributed by atoms with Crippen molar-refractivity contribution in [1.82, 2.24) is 0 Å². The van der Waals surface area contributed by atoms with Gasteiger partial charge in [-0.3, -0.25) is 0 Å². The van der Waals surface area contributed by atoms with E-state index in [4.69, 9.17) is 10.00 Å². The number of ether oxygens (including phenoxy) is 1. The van der Waals surface area contributed by atoms with E-state index in [0.29, 0.717) is 0 Å². The van der Waals surface area contributed by atoms with Gasteiger partial charge in [0, 0.05) is 0 Å². The van der Waals surface area contributed by atoms with Crippen molar-refractivity contribution in [2.45, 2.75) is 20.0 Å². The van der Waals surface area contributed by atoms with Crippen molar-refractivity contribution in [3.8, 4) is 22.9 Å². The summed E-state index contributed by atoms with van der Waals surface area (Å²) in [4.78, 5) is 0. The number of hydrogen-bond donors (Lipinski definition) is 0. The summed E-state index contributed by atoms with van der Waals surface area (Å²) in [6, 6.07) is 20.2. The van der Waals surface area contributed by atoms with E-state index in [0.717, 1.165) is 23.1 Å². The fraction of sp³-hybridized carbons (Fsp3) is 0.136. The van der Waals surface area contributed by atoms with Crippen LogP contribution in [0.1, 0.15) is 23.6 Å². The van der Waals surface area contributed by atoms with Gasteiger partial charge in [0.1, 0.15) is 12.7 Å². The van der Waals surface area contributed by atoms with Gasteiger partial charge in [0.05, 0.1) is 5.56 Å². The summed E-state index contributed by atoms with van der Waals surface area (Å²) in [5, 5.41) is 8.69. The molecule has 0 aliphatic carbocycles. The first-order valence-corrected chi connectivity index (χ1v) is 8.31. The maximum Gasteiger partial charge on any atom is 0.202 e. The fourth-order valence-electron chi connectivity index (χ4n) is 2.62. The molecule has 3 aromatic rings. The van der Waals surface area contributed by atoms with Crippen LogP contribution in [0.2, 0.25) is 0 Å². The molecule has 0 radical (unpaired) electrons. The maximum absolute atomic E-state index is 13.8. The van der Waals surface area contributed by atoms with Crippen molar-refractivity contribution in [2.24, 2.45) is 0 Å². The van der Waals surface area contributed by atoms with Crippen LogP contribution in [-0.4, -0.2) is 0 Å². The second-order valence-electron chi connectivity index (χ2n) is 5.89. The number of nitrogens with zero attached hydrogens (tertiary/aromatic N) is 1. The Morgan fingerprint density at radius 2 is 1.38 bits per heavy atom. The smallest absolute Gasteiger partial charge is 0.202 e. The van der Waals surface area contributed by atoms with Crippen LogP contribution >= 0.6 is 0 Å². The zero-order chi connectivity index (χ0) is 18.5. The van der Waals surface area contributed by atoms with Crippen LogP contribution in [0.4, 0.5) is 8.78 Å². The minimum Gasteiger partial charge on any atom is -0.486 e. The minimum atomic E-state index is -1.18. The third kappa shape index (κ3) is 3.73. The van der Waals surface area contributed by atoms with Gasteiger partial charge < -0.3 is 4.74 Å². The van der Waals surface area contributed by atoms with Crippen LogP contribution in [0.5, 0.6) is 5.75 Å². The van der Waals surface area contributed by atoms with Gasteiger partial charge in [-0.15, -0.1) is 0 Å². The molecule has 3 aromatic carbocycles. The predicted octanol–water partition coefficient (Wildman–Crippen LogP) is 5.64. The van der Waals surface area contributed by atoms with Gasteiger partial charge in [0.25, 0.3) is 0 Å². The second-order valence-corrected chi connectivity index (χ2v) is 5.89. The molecule has 0 fully saturated rings. The van der Waals surface area contributed by atoms with Crippen molar-refractivity contribution >= 4 is 0 Å². The fourth-order valence-corrected chi connectivity index (χ4v) is 2.62. The molecule has 0 N–H and O–H groups in total. The summed E-state index contributed by atoms with van der Waals surface area (Å²) >= 11 is 0. The predicted molar refractivity (Wildman–Crippen MR) is 96.7 cm³/mol. The van der Waals surface area contributed by atoms with Crippen LogP contribution in [0, 0.1) is 23.0 Å². The highest BCUT2D eigenvalue weighted by molar-refractivity contribution is 5.63. The minimum absolute atomic E-state index is 0.108. The zero-order valence-electron chi connectivity index (χ0n) is 14.3. The van der Waals surface area contributed by atoms with Crippen LogP contribution < -0.4 is 4.74 Å². The molecule has 0 saturated carbocycles. The number of nitriles is 1. The van der Waals surface area contributed by atoms with Crippen molar-refractivity contribution in [1.29, 1.82) is 5.26 Å². The Bertz CT molecular complexity index is 942. The Labute approximate surface area is 151 Å². The maximum atomic E-state index is 13.8. The Morgan fingerprint density at radius 3 is 1.92 bits per heavy atom. The van der Waals surface area contributed by atoms with Gasteiger partial charge >= 0.3 is 0 Å². The van der Waals surface area contributed by atoms with E-state index < -0.39 is 11.6 Å². The molecule has 0 amide bonds. The van der Waals surface area contributed by atoms with Crippen molar-refractivity contribution in [3.63, 3.8) is 0 Å². The highest BCUT2D eigenvalue weighted by Gasteiger charge is 2.14. The third-order valence-electron chi connectivity index (χ3n) is 4.21. The second kappa shape index (κ2) is 7.79. The molecule has 2 nitrogen and oxygen atoms in total. The quantitative estimate of drug-likeness (QED) is 0.597. The summed E-state index contributed by atoms with van der Waals surface area (Å²) in [5.41, 5.74) is 3.98. The summed E-state index contributed by atoms with van der Waals surface area (Å²) in [6.07, 6.45) is 1.00. The normalized spacial score (nSPS) is 10.4. The average Bonchev–Trinajstić information content (AvgIpc) is 2.70. The number of benzene rings is 3. The molecule has 0 heterocycles. The van der Waals surface area contributed by atoms with Crippen LogP contribution in [0.15, 0.2) is 60.7 Å². The number of aryl methyl sites for hydroxylation is 1. The molecular formula is C22H17F2NO. The molecule has 0 aliphatic heterocycles. The van der Waals surface area contributed by atoms with Gasteiger partial charge in [-0.1, -0.05) is 55.5 Å². The molecular weight excluding hydrogens is 332 g/mol. The largest absolute Gasteiger partial charge is 0.486 e. The Balaban J connectivity index is 1.70. The molecule has 130 valence electrons. The number of hydrogen-bond acceptors (Lipinski definition) is 2. The lowest BCUT2D eigenvalue weighted by molar-refractivity contribution is 0.284. The molecule has 0 bridgehead atoms. The molecule has 0 aromatic heterocycles. The summed E-state index contributed by atoms with van der Waals surface area (Å²) in [6.45, 7) is 2.23. The van der Waals surface area contributed by atoms with E-state index in [9.17, 15) is 8.78 Å². The van der Waals surface area contributed by atoms with Crippen LogP contribution in [-0.2, 0) is 13.0 Å². The molecule has 0 unspecified atom stereocenters. The molecule has 0 aliphatic rings. The molecule has 3 rings (SSSR count). The highest BCUT2D eigenvalue weighted by atomic mass is 19.2. The summed E-state index contributed by atoms with van der Waals surface area (Å²) < 4.78 is 32.8. The van der Waals surface area contributed by atoms with Gasteiger partial charge in [-0.2, -0.15) is 9.65 Å². The third-order valence-corrected chi connectivity index (χ3v) is 4.21. The zero-order valence-corrected chi connectivity index (χ0v) is 14.3. The molecule has 4 heteroatoms. The lowest BCUT2D eigenvalue weighted by atomic mass is 10.0. The van der Waals surface area contributed by atoms with Crippen LogP contribution in [0.25, 0.3) is 11.1 Å². The molecule has 0 atom stereocenters. The van der Waals surface area contributed by atoms with Gasteiger partial charge in [0.2, 0.25) is 5.82 Å². The Kier molecular flexibility index (Phi) is 5.28. The summed E-state index contributed by atoms with van der Waals surface area (Å²) in [7, 11) is 0. The van der Waals surface area contributed by atoms with Gasteiger partial charge in [-0.25, -0.2) is 4.39 Å². The van der Waals surface area contributed by atoms with E-state index in [-0.39, 0.29) is 17.9 Å². The lowest BCUT2D eigenvalue weighted by Crippen LogP contribution is -2.00. The monoisotopic (exact) mass is 349 g/mol. The topological polar surface area (TPSA) is 33.0 Å². The van der Waals surface area contributed by atoms with E-state index >= 15 is 0 Å². The van der Waals surface area contributed by atoms with Crippen molar-refractivity contribution < 1.29 is 13.5 Å². The highest BCUT2D eigenvalue weighted by Crippen LogP contribution is 2.24.